The number of carboxylic acids is 1. The third-order valence-electron chi connectivity index (χ3n) is 2.44. The summed E-state index contributed by atoms with van der Waals surface area (Å²) in [6.07, 6.45) is 6.86. The molecule has 0 saturated carbocycles. The van der Waals surface area contributed by atoms with Gasteiger partial charge in [-0.2, -0.15) is 0 Å². The highest BCUT2D eigenvalue weighted by atomic mass is 16.4. The average Bonchev–Trinajstić information content (AvgIpc) is 2.24. The number of aliphatic carboxylic acids is 1. The van der Waals surface area contributed by atoms with Crippen LogP contribution in [0.4, 0.5) is 0 Å². The highest BCUT2D eigenvalue weighted by molar-refractivity contribution is 5.85. The Balaban J connectivity index is 4.55. The Bertz CT molecular complexity index is 218. The van der Waals surface area contributed by atoms with E-state index in [2.05, 4.69) is 20.8 Å². The van der Waals surface area contributed by atoms with Crippen LogP contribution in [-0.2, 0) is 4.79 Å². The van der Waals surface area contributed by atoms with Gasteiger partial charge in [-0.15, -0.1) is 0 Å². The van der Waals surface area contributed by atoms with Gasteiger partial charge in [-0.25, -0.2) is 4.79 Å². The Morgan fingerprint density at radius 1 is 1.12 bits per heavy atom. The van der Waals surface area contributed by atoms with Crippen LogP contribution in [0.5, 0.6) is 0 Å². The molecule has 0 fully saturated rings. The summed E-state index contributed by atoms with van der Waals surface area (Å²) in [5, 5.41) is 9.19. The second-order valence-corrected chi connectivity index (χ2v) is 4.02. The summed E-state index contributed by atoms with van der Waals surface area (Å²) in [6, 6.07) is 0. The SMILES string of the molecule is CCCC/C=C(\C(=O)O)N(CCC)CCC. The van der Waals surface area contributed by atoms with Crippen molar-refractivity contribution < 1.29 is 9.90 Å². The van der Waals surface area contributed by atoms with Crippen LogP contribution in [0.15, 0.2) is 11.8 Å². The summed E-state index contributed by atoms with van der Waals surface area (Å²) in [7, 11) is 0. The Morgan fingerprint density at radius 2 is 1.69 bits per heavy atom. The second-order valence-electron chi connectivity index (χ2n) is 4.02. The van der Waals surface area contributed by atoms with Gasteiger partial charge in [0, 0.05) is 13.1 Å². The van der Waals surface area contributed by atoms with Gasteiger partial charge in [0.1, 0.15) is 5.70 Å². The molecule has 1 N–H and O–H groups in total. The normalized spacial score (nSPS) is 11.6. The Morgan fingerprint density at radius 3 is 2.06 bits per heavy atom. The molecule has 0 rings (SSSR count). The summed E-state index contributed by atoms with van der Waals surface area (Å²) in [4.78, 5) is 13.2. The fourth-order valence-corrected chi connectivity index (χ4v) is 1.69. The van der Waals surface area contributed by atoms with Crippen molar-refractivity contribution in [3.63, 3.8) is 0 Å². The molecule has 0 aliphatic rings. The van der Waals surface area contributed by atoms with E-state index in [9.17, 15) is 9.90 Å². The van der Waals surface area contributed by atoms with Gasteiger partial charge in [0.25, 0.3) is 0 Å². The molecule has 0 aromatic carbocycles. The highest BCUT2D eigenvalue weighted by Crippen LogP contribution is 2.10. The molecule has 3 nitrogen and oxygen atoms in total. The summed E-state index contributed by atoms with van der Waals surface area (Å²) in [5.74, 6) is -0.794. The number of hydrogen-bond donors (Lipinski definition) is 1. The minimum atomic E-state index is -0.794. The molecule has 0 heterocycles. The summed E-state index contributed by atoms with van der Waals surface area (Å²) in [6.45, 7) is 7.93. The molecule has 0 atom stereocenters. The molecular formula is C13H25NO2. The van der Waals surface area contributed by atoms with Crippen molar-refractivity contribution in [2.75, 3.05) is 13.1 Å². The first-order valence-corrected chi connectivity index (χ1v) is 6.35. The molecule has 0 aliphatic heterocycles. The van der Waals surface area contributed by atoms with Crippen LogP contribution in [-0.4, -0.2) is 29.1 Å². The van der Waals surface area contributed by atoms with Crippen molar-refractivity contribution >= 4 is 5.97 Å². The minimum absolute atomic E-state index is 0.483. The van der Waals surface area contributed by atoms with Crippen LogP contribution >= 0.6 is 0 Å². The van der Waals surface area contributed by atoms with Crippen LogP contribution in [0.2, 0.25) is 0 Å². The van der Waals surface area contributed by atoms with Gasteiger partial charge in [-0.3, -0.25) is 0 Å². The quantitative estimate of drug-likeness (QED) is 0.485. The van der Waals surface area contributed by atoms with E-state index in [4.69, 9.17) is 0 Å². The summed E-state index contributed by atoms with van der Waals surface area (Å²) >= 11 is 0. The van der Waals surface area contributed by atoms with Gasteiger partial charge in [-0.05, 0) is 25.7 Å². The van der Waals surface area contributed by atoms with Crippen molar-refractivity contribution in [1.29, 1.82) is 0 Å². The predicted molar refractivity (Wildman–Crippen MR) is 67.4 cm³/mol. The van der Waals surface area contributed by atoms with Gasteiger partial charge in [0.2, 0.25) is 0 Å². The van der Waals surface area contributed by atoms with E-state index in [1.165, 1.54) is 0 Å². The van der Waals surface area contributed by atoms with E-state index < -0.39 is 5.97 Å². The molecule has 3 heteroatoms. The second kappa shape index (κ2) is 9.25. The molecule has 0 bridgehead atoms. The molecular weight excluding hydrogens is 202 g/mol. The number of carbonyl (C=O) groups is 1. The van der Waals surface area contributed by atoms with Crippen LogP contribution in [0.25, 0.3) is 0 Å². The Hall–Kier alpha value is -0.990. The van der Waals surface area contributed by atoms with Gasteiger partial charge in [0.05, 0.1) is 0 Å². The van der Waals surface area contributed by atoms with E-state index in [1.807, 2.05) is 11.0 Å². The maximum atomic E-state index is 11.2. The summed E-state index contributed by atoms with van der Waals surface area (Å²) < 4.78 is 0. The maximum absolute atomic E-state index is 11.2. The third-order valence-corrected chi connectivity index (χ3v) is 2.44. The molecule has 0 aromatic rings. The van der Waals surface area contributed by atoms with Crippen LogP contribution in [0.3, 0.4) is 0 Å². The average molecular weight is 227 g/mol. The molecule has 0 saturated heterocycles. The maximum Gasteiger partial charge on any atom is 0.351 e. The van der Waals surface area contributed by atoms with Gasteiger partial charge >= 0.3 is 5.97 Å². The van der Waals surface area contributed by atoms with E-state index >= 15 is 0 Å². The van der Waals surface area contributed by atoms with Crippen LogP contribution in [0.1, 0.15) is 52.9 Å². The monoisotopic (exact) mass is 227 g/mol. The van der Waals surface area contributed by atoms with Gasteiger partial charge < -0.3 is 10.0 Å². The lowest BCUT2D eigenvalue weighted by Gasteiger charge is -2.24. The Labute approximate surface area is 99.1 Å². The van der Waals surface area contributed by atoms with E-state index in [-0.39, 0.29) is 0 Å². The van der Waals surface area contributed by atoms with E-state index in [0.29, 0.717) is 5.70 Å². The first-order chi connectivity index (χ1) is 7.67. The topological polar surface area (TPSA) is 40.5 Å². The molecule has 0 aliphatic carbocycles. The first kappa shape index (κ1) is 15.0. The van der Waals surface area contributed by atoms with Gasteiger partial charge in [-0.1, -0.05) is 33.3 Å². The molecule has 0 radical (unpaired) electrons. The molecule has 0 unspecified atom stereocenters. The molecule has 16 heavy (non-hydrogen) atoms. The smallest absolute Gasteiger partial charge is 0.351 e. The zero-order valence-electron chi connectivity index (χ0n) is 10.8. The number of allylic oxidation sites excluding steroid dienone is 1. The third kappa shape index (κ3) is 5.79. The largest absolute Gasteiger partial charge is 0.477 e. The van der Waals surface area contributed by atoms with Crippen LogP contribution < -0.4 is 0 Å². The fourth-order valence-electron chi connectivity index (χ4n) is 1.69. The molecule has 0 amide bonds. The predicted octanol–water partition coefficient (Wildman–Crippen LogP) is 3.27. The highest BCUT2D eigenvalue weighted by Gasteiger charge is 2.14. The molecule has 0 spiro atoms. The van der Waals surface area contributed by atoms with Crippen molar-refractivity contribution in [3.8, 4) is 0 Å². The lowest BCUT2D eigenvalue weighted by molar-refractivity contribution is -0.134. The zero-order valence-corrected chi connectivity index (χ0v) is 10.8. The molecule has 94 valence electrons. The standard InChI is InChI=1S/C13H25NO2/c1-4-7-8-9-12(13(15)16)14(10-5-2)11-6-3/h9H,4-8,10-11H2,1-3H3,(H,15,16)/b12-9+. The van der Waals surface area contributed by atoms with Gasteiger partial charge in [0.15, 0.2) is 0 Å². The lowest BCUT2D eigenvalue weighted by Crippen LogP contribution is -2.29. The number of unbranched alkanes of at least 4 members (excludes halogenated alkanes) is 2. The molecule has 0 aromatic heterocycles. The summed E-state index contributed by atoms with van der Waals surface area (Å²) in [5.41, 5.74) is 0.483. The number of hydrogen-bond acceptors (Lipinski definition) is 2. The number of carboxylic acid groups (broad SMARTS) is 1. The minimum Gasteiger partial charge on any atom is -0.477 e. The van der Waals surface area contributed by atoms with E-state index in [1.54, 1.807) is 0 Å². The van der Waals surface area contributed by atoms with Crippen molar-refractivity contribution in [2.45, 2.75) is 52.9 Å². The lowest BCUT2D eigenvalue weighted by atomic mass is 10.2. The zero-order chi connectivity index (χ0) is 12.4. The fraction of sp³-hybridized carbons (Fsp3) is 0.769. The van der Waals surface area contributed by atoms with Crippen LogP contribution in [0, 0.1) is 0 Å². The van der Waals surface area contributed by atoms with E-state index in [0.717, 1.165) is 45.2 Å². The number of rotatable bonds is 9. The Kier molecular flexibility index (Phi) is 8.68. The number of nitrogens with zero attached hydrogens (tertiary/aromatic N) is 1. The van der Waals surface area contributed by atoms with Crippen molar-refractivity contribution in [2.24, 2.45) is 0 Å². The van der Waals surface area contributed by atoms with Crippen molar-refractivity contribution in [3.05, 3.63) is 11.8 Å². The first-order valence-electron chi connectivity index (χ1n) is 6.35. The van der Waals surface area contributed by atoms with Crippen molar-refractivity contribution in [1.82, 2.24) is 4.90 Å².